The van der Waals surface area contributed by atoms with E-state index in [0.717, 1.165) is 25.7 Å². The average molecular weight is 324 g/mol. The molecular formula is C16H24N2O5. The minimum Gasteiger partial charge on any atom is -0.394 e. The summed E-state index contributed by atoms with van der Waals surface area (Å²) >= 11 is 0. The van der Waals surface area contributed by atoms with E-state index in [4.69, 9.17) is 9.84 Å². The summed E-state index contributed by atoms with van der Waals surface area (Å²) in [5.41, 5.74) is -0.769. The van der Waals surface area contributed by atoms with Crippen molar-refractivity contribution < 1.29 is 14.9 Å². The maximum absolute atomic E-state index is 12.0. The van der Waals surface area contributed by atoms with Gasteiger partial charge in [0.2, 0.25) is 0 Å². The Kier molecular flexibility index (Phi) is 6.32. The summed E-state index contributed by atoms with van der Waals surface area (Å²) in [7, 11) is 0. The minimum atomic E-state index is -0.905. The Morgan fingerprint density at radius 1 is 1.43 bits per heavy atom. The second-order valence-electron chi connectivity index (χ2n) is 5.78. The van der Waals surface area contributed by atoms with E-state index in [1.807, 2.05) is 6.08 Å². The second-order valence-corrected chi connectivity index (χ2v) is 5.78. The molecule has 0 bridgehead atoms. The molecule has 1 saturated heterocycles. The van der Waals surface area contributed by atoms with Gasteiger partial charge in [-0.2, -0.15) is 0 Å². The molecule has 1 aliphatic heterocycles. The number of nitrogens with one attached hydrogen (secondary N) is 1. The monoisotopic (exact) mass is 324 g/mol. The van der Waals surface area contributed by atoms with E-state index in [1.54, 1.807) is 6.08 Å². The first-order valence-electron chi connectivity index (χ1n) is 8.03. The molecule has 23 heavy (non-hydrogen) atoms. The third-order valence-corrected chi connectivity index (χ3v) is 3.91. The van der Waals surface area contributed by atoms with Crippen molar-refractivity contribution in [2.24, 2.45) is 0 Å². The van der Waals surface area contributed by atoms with Gasteiger partial charge in [0.15, 0.2) is 6.23 Å². The standard InChI is InChI=1S/C16H24N2O5/c1-2-3-4-5-6-7-11-9-18(16(22)17-14(11)21)15-13(20)8-12(10-19)23-15/h6-7,9,12-13,15,19-20H,2-5,8,10H2,1H3,(H,17,21,22)/b7-6+/t12-,13?,15+/m0/s1. The van der Waals surface area contributed by atoms with Crippen LogP contribution in [0.4, 0.5) is 0 Å². The lowest BCUT2D eigenvalue weighted by Crippen LogP contribution is -2.36. The highest BCUT2D eigenvalue weighted by molar-refractivity contribution is 5.46. The zero-order chi connectivity index (χ0) is 16.8. The van der Waals surface area contributed by atoms with Gasteiger partial charge in [-0.3, -0.25) is 14.3 Å². The molecule has 0 aromatic carbocycles. The number of ether oxygens (including phenoxy) is 1. The summed E-state index contributed by atoms with van der Waals surface area (Å²) < 4.78 is 6.63. The Labute approximate surface area is 134 Å². The van der Waals surface area contributed by atoms with Gasteiger partial charge in [0.1, 0.15) is 6.10 Å². The van der Waals surface area contributed by atoms with Crippen LogP contribution < -0.4 is 11.2 Å². The Bertz CT molecular complexity index is 649. The van der Waals surface area contributed by atoms with Crippen LogP contribution in [-0.2, 0) is 4.74 Å². The number of hydrogen-bond donors (Lipinski definition) is 3. The van der Waals surface area contributed by atoms with Crippen LogP contribution in [0, 0.1) is 0 Å². The number of aromatic amines is 1. The summed E-state index contributed by atoms with van der Waals surface area (Å²) in [6, 6.07) is 0. The molecule has 0 spiro atoms. The Hall–Kier alpha value is -1.70. The van der Waals surface area contributed by atoms with Gasteiger partial charge in [0, 0.05) is 12.6 Å². The van der Waals surface area contributed by atoms with Crippen LogP contribution in [0.15, 0.2) is 21.9 Å². The molecule has 3 atom stereocenters. The molecule has 0 aliphatic carbocycles. The smallest absolute Gasteiger partial charge is 0.330 e. The van der Waals surface area contributed by atoms with Crippen molar-refractivity contribution in [3.8, 4) is 0 Å². The van der Waals surface area contributed by atoms with Gasteiger partial charge in [0.25, 0.3) is 5.56 Å². The van der Waals surface area contributed by atoms with Gasteiger partial charge in [-0.15, -0.1) is 0 Å². The molecule has 0 radical (unpaired) electrons. The number of unbranched alkanes of at least 4 members (excludes halogenated alkanes) is 3. The number of rotatable bonds is 7. The average Bonchev–Trinajstić information content (AvgIpc) is 2.90. The third-order valence-electron chi connectivity index (χ3n) is 3.91. The van der Waals surface area contributed by atoms with Crippen molar-refractivity contribution in [2.75, 3.05) is 6.61 Å². The summed E-state index contributed by atoms with van der Waals surface area (Å²) in [6.07, 6.45) is 7.07. The number of nitrogens with zero attached hydrogens (tertiary/aromatic N) is 1. The van der Waals surface area contributed by atoms with Crippen LogP contribution in [-0.4, -0.2) is 38.6 Å². The van der Waals surface area contributed by atoms with Crippen LogP contribution in [0.5, 0.6) is 0 Å². The normalized spacial score (nSPS) is 24.6. The number of H-pyrrole nitrogens is 1. The van der Waals surface area contributed by atoms with Gasteiger partial charge >= 0.3 is 5.69 Å². The van der Waals surface area contributed by atoms with Crippen LogP contribution in [0.3, 0.4) is 0 Å². The molecular weight excluding hydrogens is 300 g/mol. The molecule has 0 amide bonds. The first kappa shape index (κ1) is 17.7. The molecule has 2 heterocycles. The molecule has 1 aromatic rings. The predicted molar refractivity (Wildman–Crippen MR) is 86.1 cm³/mol. The highest BCUT2D eigenvalue weighted by Crippen LogP contribution is 2.27. The lowest BCUT2D eigenvalue weighted by molar-refractivity contribution is -0.0530. The maximum atomic E-state index is 12.0. The Balaban J connectivity index is 2.20. The number of hydrogen-bond acceptors (Lipinski definition) is 5. The zero-order valence-electron chi connectivity index (χ0n) is 13.3. The Morgan fingerprint density at radius 2 is 2.22 bits per heavy atom. The predicted octanol–water partition coefficient (Wildman–Crippen LogP) is 0.771. The number of allylic oxidation sites excluding steroid dienone is 1. The first-order valence-corrected chi connectivity index (χ1v) is 8.03. The van der Waals surface area contributed by atoms with Crippen molar-refractivity contribution in [1.29, 1.82) is 0 Å². The van der Waals surface area contributed by atoms with Crippen LogP contribution in [0.1, 0.15) is 50.8 Å². The fourth-order valence-corrected chi connectivity index (χ4v) is 2.63. The fraction of sp³-hybridized carbons (Fsp3) is 0.625. The highest BCUT2D eigenvalue weighted by Gasteiger charge is 2.35. The van der Waals surface area contributed by atoms with Crippen molar-refractivity contribution in [1.82, 2.24) is 9.55 Å². The largest absolute Gasteiger partial charge is 0.394 e. The molecule has 7 nitrogen and oxygen atoms in total. The lowest BCUT2D eigenvalue weighted by Gasteiger charge is -2.17. The summed E-state index contributed by atoms with van der Waals surface area (Å²) in [4.78, 5) is 26.1. The molecule has 3 N–H and O–H groups in total. The highest BCUT2D eigenvalue weighted by atomic mass is 16.5. The number of aliphatic hydroxyl groups excluding tert-OH is 2. The van der Waals surface area contributed by atoms with Crippen LogP contribution >= 0.6 is 0 Å². The summed E-state index contributed by atoms with van der Waals surface area (Å²) in [5, 5.41) is 19.1. The molecule has 1 aromatic heterocycles. The van der Waals surface area contributed by atoms with Gasteiger partial charge in [-0.25, -0.2) is 4.79 Å². The SMILES string of the molecule is CCCCC/C=C/c1cn([C@@H]2O[C@H](CO)CC2O)c(=O)[nH]c1=O. The van der Waals surface area contributed by atoms with E-state index >= 15 is 0 Å². The van der Waals surface area contributed by atoms with Gasteiger partial charge in [-0.05, 0) is 12.8 Å². The van der Waals surface area contributed by atoms with Crippen molar-refractivity contribution in [2.45, 2.75) is 57.5 Å². The molecule has 1 fully saturated rings. The van der Waals surface area contributed by atoms with Crippen LogP contribution in [0.2, 0.25) is 0 Å². The van der Waals surface area contributed by atoms with E-state index in [2.05, 4.69) is 11.9 Å². The fourth-order valence-electron chi connectivity index (χ4n) is 2.63. The second kappa shape index (κ2) is 8.24. The van der Waals surface area contributed by atoms with E-state index in [-0.39, 0.29) is 13.0 Å². The number of aromatic nitrogens is 2. The molecule has 1 unspecified atom stereocenters. The maximum Gasteiger partial charge on any atom is 0.330 e. The van der Waals surface area contributed by atoms with E-state index < -0.39 is 29.7 Å². The molecule has 1 aliphatic rings. The third kappa shape index (κ3) is 4.40. The van der Waals surface area contributed by atoms with Crippen LogP contribution in [0.25, 0.3) is 6.08 Å². The minimum absolute atomic E-state index is 0.226. The molecule has 2 rings (SSSR count). The van der Waals surface area contributed by atoms with Gasteiger partial charge in [-0.1, -0.05) is 31.9 Å². The molecule has 0 saturated carbocycles. The summed E-state index contributed by atoms with van der Waals surface area (Å²) in [5.74, 6) is 0. The Morgan fingerprint density at radius 3 is 2.87 bits per heavy atom. The molecule has 7 heteroatoms. The topological polar surface area (TPSA) is 105 Å². The first-order chi connectivity index (χ1) is 11.1. The molecule has 128 valence electrons. The van der Waals surface area contributed by atoms with Crippen molar-refractivity contribution in [3.63, 3.8) is 0 Å². The lowest BCUT2D eigenvalue weighted by atomic mass is 10.2. The van der Waals surface area contributed by atoms with E-state index in [0.29, 0.717) is 5.56 Å². The van der Waals surface area contributed by atoms with Gasteiger partial charge in [0.05, 0.1) is 18.3 Å². The van der Waals surface area contributed by atoms with E-state index in [1.165, 1.54) is 10.8 Å². The summed E-state index contributed by atoms with van der Waals surface area (Å²) in [6.45, 7) is 1.90. The zero-order valence-corrected chi connectivity index (χ0v) is 13.3. The van der Waals surface area contributed by atoms with Gasteiger partial charge < -0.3 is 14.9 Å². The number of aliphatic hydroxyl groups is 2. The van der Waals surface area contributed by atoms with E-state index in [9.17, 15) is 14.7 Å². The van der Waals surface area contributed by atoms with Crippen molar-refractivity contribution >= 4 is 6.08 Å². The quantitative estimate of drug-likeness (QED) is 0.643. The van der Waals surface area contributed by atoms with Crippen molar-refractivity contribution in [3.05, 3.63) is 38.7 Å².